The van der Waals surface area contributed by atoms with E-state index in [9.17, 15) is 24.0 Å². The molecule has 6 amide bonds. The maximum absolute atomic E-state index is 15.1. The van der Waals surface area contributed by atoms with E-state index in [0.29, 0.717) is 63.1 Å². The van der Waals surface area contributed by atoms with Gasteiger partial charge in [-0.05, 0) is 130 Å². The quantitative estimate of drug-likeness (QED) is 0.0816. The van der Waals surface area contributed by atoms with E-state index in [1.54, 1.807) is 27.9 Å². The Hall–Kier alpha value is -6.12. The number of nitrogens with one attached hydrogen (secondary N) is 4. The SMILES string of the molecule is CN[C@@H](C)C(=O)N[C@H](C(=O)N1CCC[C@H]1CN(CCc1ccccc1)C(=O)c1ccc2ccc(C(=O)N(CCc3ccccc3)C3CC34CCCN4C(=O)[C@@H](NC(=O)[C@H](C)NC)C(C)(C)C)cc2c1)C(C)(C)C. The normalized spacial score (nSPS) is 20.3. The molecule has 7 atom stereocenters. The zero-order valence-corrected chi connectivity index (χ0v) is 44.9. The lowest BCUT2D eigenvalue weighted by Crippen LogP contribution is -2.59. The molecule has 4 aromatic carbocycles. The molecule has 14 nitrogen and oxygen atoms in total. The minimum absolute atomic E-state index is 0.120. The number of rotatable bonds is 19. The van der Waals surface area contributed by atoms with Gasteiger partial charge in [-0.3, -0.25) is 28.8 Å². The molecule has 2 aliphatic heterocycles. The van der Waals surface area contributed by atoms with Gasteiger partial charge in [-0.2, -0.15) is 0 Å². The predicted molar refractivity (Wildman–Crippen MR) is 288 cm³/mol. The van der Waals surface area contributed by atoms with E-state index in [4.69, 9.17) is 0 Å². The van der Waals surface area contributed by atoms with Crippen LogP contribution < -0.4 is 21.3 Å². The molecule has 1 aliphatic carbocycles. The smallest absolute Gasteiger partial charge is 0.254 e. The zero-order chi connectivity index (χ0) is 52.8. The van der Waals surface area contributed by atoms with Gasteiger partial charge in [0.25, 0.3) is 11.8 Å². The lowest BCUT2D eigenvalue weighted by molar-refractivity contribution is -0.141. The van der Waals surface area contributed by atoms with E-state index < -0.39 is 40.5 Å². The van der Waals surface area contributed by atoms with Crippen LogP contribution in [0.4, 0.5) is 0 Å². The van der Waals surface area contributed by atoms with Gasteiger partial charge in [-0.1, -0.05) is 114 Å². The third kappa shape index (κ3) is 12.6. The Kier molecular flexibility index (Phi) is 17.2. The zero-order valence-electron chi connectivity index (χ0n) is 44.9. The van der Waals surface area contributed by atoms with Crippen molar-refractivity contribution in [1.29, 1.82) is 0 Å². The first-order valence-corrected chi connectivity index (χ1v) is 26.5. The molecule has 392 valence electrons. The Balaban J connectivity index is 1.16. The van der Waals surface area contributed by atoms with Crippen LogP contribution in [0.5, 0.6) is 0 Å². The summed E-state index contributed by atoms with van der Waals surface area (Å²) in [6.07, 6.45) is 4.97. The summed E-state index contributed by atoms with van der Waals surface area (Å²) in [5.41, 5.74) is 1.51. The number of nitrogens with zero attached hydrogens (tertiary/aromatic N) is 4. The lowest BCUT2D eigenvalue weighted by Gasteiger charge is -2.37. The summed E-state index contributed by atoms with van der Waals surface area (Å²) in [6.45, 7) is 17.6. The van der Waals surface area contributed by atoms with E-state index >= 15 is 4.79 Å². The third-order valence-electron chi connectivity index (χ3n) is 15.6. The van der Waals surface area contributed by atoms with E-state index in [1.807, 2.05) is 134 Å². The van der Waals surface area contributed by atoms with Gasteiger partial charge in [0.2, 0.25) is 23.6 Å². The van der Waals surface area contributed by atoms with Crippen molar-refractivity contribution in [1.82, 2.24) is 40.9 Å². The first kappa shape index (κ1) is 54.6. The molecule has 14 heteroatoms. The molecule has 0 radical (unpaired) electrons. The maximum atomic E-state index is 15.1. The van der Waals surface area contributed by atoms with Gasteiger partial charge in [0, 0.05) is 49.9 Å². The van der Waals surface area contributed by atoms with Gasteiger partial charge in [0.15, 0.2) is 0 Å². The van der Waals surface area contributed by atoms with E-state index in [2.05, 4.69) is 45.5 Å². The molecule has 2 saturated heterocycles. The maximum Gasteiger partial charge on any atom is 0.254 e. The molecule has 1 spiro atoms. The monoisotopic (exact) mass is 997 g/mol. The van der Waals surface area contributed by atoms with Crippen molar-refractivity contribution in [2.45, 2.75) is 142 Å². The number of amides is 6. The van der Waals surface area contributed by atoms with E-state index in [1.165, 1.54) is 0 Å². The molecule has 4 N–H and O–H groups in total. The summed E-state index contributed by atoms with van der Waals surface area (Å²) in [6, 6.07) is 28.5. The van der Waals surface area contributed by atoms with Crippen molar-refractivity contribution in [3.05, 3.63) is 119 Å². The first-order chi connectivity index (χ1) is 34.7. The first-order valence-electron chi connectivity index (χ1n) is 26.5. The second-order valence-corrected chi connectivity index (χ2v) is 22.9. The van der Waals surface area contributed by atoms with Crippen molar-refractivity contribution in [3.63, 3.8) is 0 Å². The standard InChI is InChI=1S/C59H80N8O6/c1-39(60-9)51(68)62-49(57(3,4)5)55(72)65-31-17-23-47(65)38-64(33-28-41-19-13-11-14-20-41)53(70)44-26-24-43-25-27-45(36-46(43)35-44)54(71)66(34-29-42-21-15-12-16-22-42)48-37-59(48)30-18-32-67(59)56(73)50(58(6,7)8)63-52(69)40(2)61-10/h11-16,19-22,24-27,35-36,39-40,47-50,60-61H,17-18,23,28-34,37-38H2,1-10H3,(H,62,68)(H,63,69)/t39-,40-,47-,48?,49+,50+,59?/m0/s1. The summed E-state index contributed by atoms with van der Waals surface area (Å²) in [7, 11) is 3.43. The summed E-state index contributed by atoms with van der Waals surface area (Å²) in [5.74, 6) is -1.06. The highest BCUT2D eigenvalue weighted by Crippen LogP contribution is 2.53. The van der Waals surface area contributed by atoms with Crippen molar-refractivity contribution in [2.24, 2.45) is 10.8 Å². The van der Waals surface area contributed by atoms with Crippen molar-refractivity contribution in [3.8, 4) is 0 Å². The van der Waals surface area contributed by atoms with Crippen LogP contribution in [-0.2, 0) is 32.0 Å². The van der Waals surface area contributed by atoms with Gasteiger partial charge in [0.05, 0.1) is 23.7 Å². The van der Waals surface area contributed by atoms with Crippen LogP contribution >= 0.6 is 0 Å². The summed E-state index contributed by atoms with van der Waals surface area (Å²) < 4.78 is 0. The number of fused-ring (bicyclic) bond motifs is 1. The third-order valence-corrected chi connectivity index (χ3v) is 15.6. The molecule has 7 rings (SSSR count). The fourth-order valence-electron chi connectivity index (χ4n) is 10.8. The Labute approximate surface area is 433 Å². The number of carbonyl (C=O) groups is 6. The largest absolute Gasteiger partial charge is 0.342 e. The predicted octanol–water partition coefficient (Wildman–Crippen LogP) is 6.61. The van der Waals surface area contributed by atoms with Gasteiger partial charge in [-0.15, -0.1) is 0 Å². The Bertz CT molecular complexity index is 2610. The molecule has 3 aliphatic rings. The molecule has 0 bridgehead atoms. The highest BCUT2D eigenvalue weighted by atomic mass is 16.2. The van der Waals surface area contributed by atoms with E-state index in [-0.39, 0.29) is 47.5 Å². The van der Waals surface area contributed by atoms with Gasteiger partial charge in [-0.25, -0.2) is 0 Å². The Morgan fingerprint density at radius 3 is 1.70 bits per heavy atom. The molecule has 0 aromatic heterocycles. The minimum Gasteiger partial charge on any atom is -0.342 e. The average Bonchev–Trinajstić information content (AvgIpc) is 3.64. The fraction of sp³-hybridized carbons (Fsp3) is 0.525. The Morgan fingerprint density at radius 1 is 0.644 bits per heavy atom. The molecule has 1 saturated carbocycles. The van der Waals surface area contributed by atoms with Crippen LogP contribution in [0.2, 0.25) is 0 Å². The molecular weight excluding hydrogens is 917 g/mol. The second-order valence-electron chi connectivity index (χ2n) is 22.9. The fourth-order valence-corrected chi connectivity index (χ4v) is 10.8. The Morgan fingerprint density at radius 2 is 1.16 bits per heavy atom. The van der Waals surface area contributed by atoms with Crippen LogP contribution in [0.1, 0.15) is 119 Å². The number of hydrogen-bond donors (Lipinski definition) is 4. The van der Waals surface area contributed by atoms with Crippen molar-refractivity contribution < 1.29 is 28.8 Å². The van der Waals surface area contributed by atoms with Crippen LogP contribution in [0.15, 0.2) is 97.1 Å². The van der Waals surface area contributed by atoms with Crippen LogP contribution in [0, 0.1) is 10.8 Å². The van der Waals surface area contributed by atoms with Gasteiger partial charge < -0.3 is 40.9 Å². The van der Waals surface area contributed by atoms with Crippen LogP contribution in [0.25, 0.3) is 10.8 Å². The summed E-state index contributed by atoms with van der Waals surface area (Å²) >= 11 is 0. The number of benzene rings is 4. The highest BCUT2D eigenvalue weighted by Gasteiger charge is 2.65. The molecular formula is C59H80N8O6. The van der Waals surface area contributed by atoms with E-state index in [0.717, 1.165) is 47.6 Å². The van der Waals surface area contributed by atoms with Gasteiger partial charge in [0.1, 0.15) is 12.1 Å². The topological polar surface area (TPSA) is 163 Å². The average molecular weight is 997 g/mol. The van der Waals surface area contributed by atoms with Crippen molar-refractivity contribution >= 4 is 46.2 Å². The summed E-state index contributed by atoms with van der Waals surface area (Å²) in [5, 5.41) is 13.7. The second kappa shape index (κ2) is 23.0. The minimum atomic E-state index is -0.756. The molecule has 4 aromatic rings. The number of likely N-dealkylation sites (tertiary alicyclic amines) is 2. The van der Waals surface area contributed by atoms with Crippen LogP contribution in [-0.4, -0.2) is 144 Å². The number of carbonyl (C=O) groups excluding carboxylic acids is 6. The molecule has 2 heterocycles. The van der Waals surface area contributed by atoms with Gasteiger partial charge >= 0.3 is 0 Å². The highest BCUT2D eigenvalue weighted by molar-refractivity contribution is 6.02. The molecule has 3 fully saturated rings. The number of likely N-dealkylation sites (N-methyl/N-ethyl adjacent to an activating group) is 2. The molecule has 73 heavy (non-hydrogen) atoms. The van der Waals surface area contributed by atoms with Crippen LogP contribution in [0.3, 0.4) is 0 Å². The lowest BCUT2D eigenvalue weighted by atomic mass is 9.85. The molecule has 2 unspecified atom stereocenters. The summed E-state index contributed by atoms with van der Waals surface area (Å²) in [4.78, 5) is 93.1. The number of hydrogen-bond acceptors (Lipinski definition) is 8. The van der Waals surface area contributed by atoms with Crippen molar-refractivity contribution in [2.75, 3.05) is 46.8 Å².